The highest BCUT2D eigenvalue weighted by molar-refractivity contribution is 9.10. The van der Waals surface area contributed by atoms with Crippen LogP contribution in [0.5, 0.6) is 0 Å². The van der Waals surface area contributed by atoms with E-state index >= 15 is 0 Å². The minimum atomic E-state index is 0.364. The number of H-pyrrole nitrogens is 1. The molecule has 0 saturated carbocycles. The second kappa shape index (κ2) is 4.58. The Labute approximate surface area is 108 Å². The summed E-state index contributed by atoms with van der Waals surface area (Å²) in [6, 6.07) is 7.98. The average Bonchev–Trinajstić information content (AvgIpc) is 3.00. The molecule has 0 amide bonds. The average molecular weight is 294 g/mol. The van der Waals surface area contributed by atoms with Crippen LogP contribution >= 0.6 is 15.9 Å². The maximum absolute atomic E-state index is 5.35. The summed E-state index contributed by atoms with van der Waals surface area (Å²) < 4.78 is 6.38. The molecule has 0 radical (unpaired) electrons. The SMILES string of the molecule is Brc1cccc(-c2n[nH]c(C3CCOC3)n2)c1. The first kappa shape index (κ1) is 10.9. The molecular formula is C12H12BrN3O. The lowest BCUT2D eigenvalue weighted by Crippen LogP contribution is -1.99. The van der Waals surface area contributed by atoms with E-state index < -0.39 is 0 Å². The summed E-state index contributed by atoms with van der Waals surface area (Å²) in [4.78, 5) is 4.54. The Kier molecular flexibility index (Phi) is 2.94. The smallest absolute Gasteiger partial charge is 0.181 e. The summed E-state index contributed by atoms with van der Waals surface area (Å²) in [6.07, 6.45) is 1.02. The second-order valence-electron chi connectivity index (χ2n) is 4.12. The summed E-state index contributed by atoms with van der Waals surface area (Å²) in [6.45, 7) is 1.56. The number of hydrogen-bond donors (Lipinski definition) is 1. The number of ether oxygens (including phenoxy) is 1. The Balaban J connectivity index is 1.89. The molecule has 1 N–H and O–H groups in total. The van der Waals surface area contributed by atoms with Crippen LogP contribution in [0.3, 0.4) is 0 Å². The van der Waals surface area contributed by atoms with Crippen molar-refractivity contribution in [2.24, 2.45) is 0 Å². The molecule has 1 aliphatic heterocycles. The number of nitrogens with zero attached hydrogens (tertiary/aromatic N) is 2. The van der Waals surface area contributed by atoms with Gasteiger partial charge in [-0.15, -0.1) is 0 Å². The third-order valence-corrected chi connectivity index (χ3v) is 3.40. The van der Waals surface area contributed by atoms with Gasteiger partial charge in [0.15, 0.2) is 5.82 Å². The van der Waals surface area contributed by atoms with Gasteiger partial charge < -0.3 is 4.74 Å². The van der Waals surface area contributed by atoms with E-state index in [9.17, 15) is 0 Å². The molecule has 1 saturated heterocycles. The predicted octanol–water partition coefficient (Wildman–Crippen LogP) is 2.74. The van der Waals surface area contributed by atoms with Crippen LogP contribution in [0.1, 0.15) is 18.2 Å². The van der Waals surface area contributed by atoms with Gasteiger partial charge in [-0.05, 0) is 18.6 Å². The van der Waals surface area contributed by atoms with E-state index in [1.165, 1.54) is 0 Å². The van der Waals surface area contributed by atoms with Crippen molar-refractivity contribution in [3.8, 4) is 11.4 Å². The molecule has 3 rings (SSSR count). The van der Waals surface area contributed by atoms with Crippen molar-refractivity contribution in [3.05, 3.63) is 34.6 Å². The van der Waals surface area contributed by atoms with Crippen molar-refractivity contribution in [1.82, 2.24) is 15.2 Å². The summed E-state index contributed by atoms with van der Waals surface area (Å²) in [5.41, 5.74) is 1.01. The summed E-state index contributed by atoms with van der Waals surface area (Å²) in [7, 11) is 0. The molecule has 1 fully saturated rings. The largest absolute Gasteiger partial charge is 0.381 e. The van der Waals surface area contributed by atoms with E-state index in [-0.39, 0.29) is 0 Å². The molecule has 1 aromatic carbocycles. The first-order valence-corrected chi connectivity index (χ1v) is 6.38. The number of aromatic amines is 1. The molecule has 1 aliphatic rings. The second-order valence-corrected chi connectivity index (χ2v) is 5.03. The number of benzene rings is 1. The zero-order valence-corrected chi connectivity index (χ0v) is 10.8. The van der Waals surface area contributed by atoms with Gasteiger partial charge in [-0.3, -0.25) is 5.10 Å². The van der Waals surface area contributed by atoms with Crippen LogP contribution in [0, 0.1) is 0 Å². The van der Waals surface area contributed by atoms with Gasteiger partial charge in [0.1, 0.15) is 5.82 Å². The standard InChI is InChI=1S/C12H12BrN3O/c13-10-3-1-2-8(6-10)11-14-12(16-15-11)9-4-5-17-7-9/h1-3,6,9H,4-5,7H2,(H,14,15,16). The summed E-state index contributed by atoms with van der Waals surface area (Å²) >= 11 is 3.45. The lowest BCUT2D eigenvalue weighted by Gasteiger charge is -2.00. The zero-order chi connectivity index (χ0) is 11.7. The Morgan fingerprint density at radius 2 is 2.35 bits per heavy atom. The first-order chi connectivity index (χ1) is 8.33. The number of rotatable bonds is 2. The predicted molar refractivity (Wildman–Crippen MR) is 67.7 cm³/mol. The first-order valence-electron chi connectivity index (χ1n) is 5.59. The van der Waals surface area contributed by atoms with Gasteiger partial charge in [0.2, 0.25) is 0 Å². The van der Waals surface area contributed by atoms with Crippen LogP contribution in [0.15, 0.2) is 28.7 Å². The molecule has 17 heavy (non-hydrogen) atoms. The topological polar surface area (TPSA) is 50.8 Å². The van der Waals surface area contributed by atoms with Gasteiger partial charge in [0.25, 0.3) is 0 Å². The Bertz CT molecular complexity index is 520. The van der Waals surface area contributed by atoms with Crippen LogP contribution < -0.4 is 0 Å². The van der Waals surface area contributed by atoms with Gasteiger partial charge in [0, 0.05) is 22.6 Å². The van der Waals surface area contributed by atoms with Crippen LogP contribution in [0.4, 0.5) is 0 Å². The fraction of sp³-hybridized carbons (Fsp3) is 0.333. The summed E-state index contributed by atoms with van der Waals surface area (Å²) in [5, 5.41) is 7.27. The lowest BCUT2D eigenvalue weighted by atomic mass is 10.1. The van der Waals surface area contributed by atoms with Crippen molar-refractivity contribution in [2.45, 2.75) is 12.3 Å². The minimum absolute atomic E-state index is 0.364. The molecule has 1 aromatic heterocycles. The molecule has 1 unspecified atom stereocenters. The number of halogens is 1. The zero-order valence-electron chi connectivity index (χ0n) is 9.19. The third-order valence-electron chi connectivity index (χ3n) is 2.90. The number of nitrogens with one attached hydrogen (secondary N) is 1. The van der Waals surface area contributed by atoms with E-state index in [2.05, 4.69) is 31.1 Å². The van der Waals surface area contributed by atoms with Crippen molar-refractivity contribution in [1.29, 1.82) is 0 Å². The lowest BCUT2D eigenvalue weighted by molar-refractivity contribution is 0.193. The number of aromatic nitrogens is 3. The number of hydrogen-bond acceptors (Lipinski definition) is 3. The van der Waals surface area contributed by atoms with Crippen LogP contribution in [-0.4, -0.2) is 28.4 Å². The molecular weight excluding hydrogens is 282 g/mol. The summed E-state index contributed by atoms with van der Waals surface area (Å²) in [5.74, 6) is 2.04. The molecule has 2 aromatic rings. The van der Waals surface area contributed by atoms with Crippen molar-refractivity contribution in [2.75, 3.05) is 13.2 Å². The molecule has 5 heteroatoms. The van der Waals surface area contributed by atoms with E-state index in [1.54, 1.807) is 0 Å². The highest BCUT2D eigenvalue weighted by Crippen LogP contribution is 2.25. The Hall–Kier alpha value is -1.20. The minimum Gasteiger partial charge on any atom is -0.381 e. The Morgan fingerprint density at radius 3 is 3.12 bits per heavy atom. The third kappa shape index (κ3) is 2.25. The van der Waals surface area contributed by atoms with E-state index in [0.29, 0.717) is 5.92 Å². The molecule has 1 atom stereocenters. The quantitative estimate of drug-likeness (QED) is 0.926. The Morgan fingerprint density at radius 1 is 1.41 bits per heavy atom. The highest BCUT2D eigenvalue weighted by Gasteiger charge is 2.21. The van der Waals surface area contributed by atoms with E-state index in [1.807, 2.05) is 24.3 Å². The van der Waals surface area contributed by atoms with Crippen molar-refractivity contribution < 1.29 is 4.74 Å². The van der Waals surface area contributed by atoms with Gasteiger partial charge in [0.05, 0.1) is 6.61 Å². The molecule has 4 nitrogen and oxygen atoms in total. The normalized spacial score (nSPS) is 19.7. The van der Waals surface area contributed by atoms with E-state index in [4.69, 9.17) is 4.74 Å². The van der Waals surface area contributed by atoms with Gasteiger partial charge in [-0.1, -0.05) is 28.1 Å². The van der Waals surface area contributed by atoms with Crippen molar-refractivity contribution in [3.63, 3.8) is 0 Å². The van der Waals surface area contributed by atoms with Gasteiger partial charge >= 0.3 is 0 Å². The maximum Gasteiger partial charge on any atom is 0.181 e. The van der Waals surface area contributed by atoms with Crippen LogP contribution in [-0.2, 0) is 4.74 Å². The van der Waals surface area contributed by atoms with E-state index in [0.717, 1.165) is 41.3 Å². The fourth-order valence-electron chi connectivity index (χ4n) is 1.96. The van der Waals surface area contributed by atoms with Crippen LogP contribution in [0.2, 0.25) is 0 Å². The molecule has 0 spiro atoms. The molecule has 0 bridgehead atoms. The molecule has 0 aliphatic carbocycles. The van der Waals surface area contributed by atoms with Crippen molar-refractivity contribution >= 4 is 15.9 Å². The maximum atomic E-state index is 5.35. The monoisotopic (exact) mass is 293 g/mol. The highest BCUT2D eigenvalue weighted by atomic mass is 79.9. The molecule has 2 heterocycles. The van der Waals surface area contributed by atoms with Gasteiger partial charge in [-0.25, -0.2) is 4.98 Å². The van der Waals surface area contributed by atoms with Gasteiger partial charge in [-0.2, -0.15) is 5.10 Å². The fourth-order valence-corrected chi connectivity index (χ4v) is 2.36. The molecule has 88 valence electrons. The van der Waals surface area contributed by atoms with Crippen LogP contribution in [0.25, 0.3) is 11.4 Å².